The first-order valence-electron chi connectivity index (χ1n) is 12.0. The molecule has 0 unspecified atom stereocenters. The lowest BCUT2D eigenvalue weighted by Crippen LogP contribution is -2.39. The Hall–Kier alpha value is -3.66. The molecule has 1 fully saturated rings. The predicted molar refractivity (Wildman–Crippen MR) is 135 cm³/mol. The minimum Gasteiger partial charge on any atom is -0.342 e. The molecule has 2 aromatic carbocycles. The fraction of sp³-hybridized carbons (Fsp3) is 0.346. The van der Waals surface area contributed by atoms with E-state index >= 15 is 0 Å². The molecule has 192 valence electrons. The molecule has 0 spiro atoms. The first kappa shape index (κ1) is 25.0. The number of nitrogens with zero attached hydrogens (tertiary/aromatic N) is 5. The van der Waals surface area contributed by atoms with Crippen LogP contribution < -0.4 is 5.56 Å². The van der Waals surface area contributed by atoms with Crippen LogP contribution >= 0.6 is 11.6 Å². The van der Waals surface area contributed by atoms with E-state index in [0.29, 0.717) is 54.5 Å². The topological polar surface area (TPSA) is 96.8 Å². The second-order valence-electron chi connectivity index (χ2n) is 9.38. The summed E-state index contributed by atoms with van der Waals surface area (Å²) < 4.78 is 28.4. The molecule has 1 saturated heterocycles. The van der Waals surface area contributed by atoms with Crippen molar-refractivity contribution in [1.82, 2.24) is 29.9 Å². The van der Waals surface area contributed by atoms with Gasteiger partial charge in [-0.05, 0) is 30.0 Å². The summed E-state index contributed by atoms with van der Waals surface area (Å²) in [7, 11) is 0. The van der Waals surface area contributed by atoms with E-state index in [0.717, 1.165) is 12.5 Å². The lowest BCUT2D eigenvalue weighted by molar-refractivity contribution is -0.131. The van der Waals surface area contributed by atoms with E-state index in [1.165, 1.54) is 12.1 Å². The number of carbonyl (C=O) groups is 1. The van der Waals surface area contributed by atoms with Gasteiger partial charge in [-0.15, -0.1) is 5.10 Å². The molecule has 1 N–H and O–H groups in total. The Morgan fingerprint density at radius 1 is 1.14 bits per heavy atom. The second kappa shape index (κ2) is 10.0. The van der Waals surface area contributed by atoms with Crippen molar-refractivity contribution in [2.75, 3.05) is 13.1 Å². The van der Waals surface area contributed by atoms with Crippen LogP contribution in [0.15, 0.2) is 53.3 Å². The Kier molecular flexibility index (Phi) is 6.76. The molecule has 0 atom stereocenters. The molecule has 0 saturated carbocycles. The van der Waals surface area contributed by atoms with Gasteiger partial charge in [-0.25, -0.2) is 18.4 Å². The summed E-state index contributed by atoms with van der Waals surface area (Å²) in [6.45, 7) is 2.19. The highest BCUT2D eigenvalue weighted by molar-refractivity contribution is 6.31. The Labute approximate surface area is 216 Å². The van der Waals surface area contributed by atoms with E-state index in [4.69, 9.17) is 11.6 Å². The fourth-order valence-electron chi connectivity index (χ4n) is 4.58. The van der Waals surface area contributed by atoms with Gasteiger partial charge in [0.1, 0.15) is 5.82 Å². The summed E-state index contributed by atoms with van der Waals surface area (Å²) in [5.74, 6) is -2.46. The predicted octanol–water partition coefficient (Wildman–Crippen LogP) is 4.28. The number of halogens is 3. The molecule has 8 nitrogen and oxygen atoms in total. The number of likely N-dealkylation sites (tertiary alicyclic amines) is 1. The van der Waals surface area contributed by atoms with Gasteiger partial charge in [0.15, 0.2) is 11.2 Å². The number of benzene rings is 2. The number of amides is 1. The van der Waals surface area contributed by atoms with Crippen molar-refractivity contribution in [3.8, 4) is 0 Å². The van der Waals surface area contributed by atoms with Crippen molar-refractivity contribution in [3.63, 3.8) is 0 Å². The number of alkyl halides is 2. The monoisotopic (exact) mass is 526 g/mol. The zero-order chi connectivity index (χ0) is 26.2. The van der Waals surface area contributed by atoms with Gasteiger partial charge in [-0.3, -0.25) is 9.59 Å². The third-order valence-corrected chi connectivity index (χ3v) is 7.09. The third kappa shape index (κ3) is 5.39. The minimum atomic E-state index is -2.91. The highest BCUT2D eigenvalue weighted by Gasteiger charge is 2.27. The average molecular weight is 527 g/mol. The number of aromatic amines is 1. The van der Waals surface area contributed by atoms with Crippen LogP contribution in [0, 0.1) is 0 Å². The molecule has 37 heavy (non-hydrogen) atoms. The molecule has 1 amide bonds. The van der Waals surface area contributed by atoms with E-state index in [9.17, 15) is 18.4 Å². The number of hydrogen-bond donors (Lipinski definition) is 1. The molecule has 0 radical (unpaired) electrons. The number of carbonyl (C=O) groups excluding carboxylic acids is 1. The van der Waals surface area contributed by atoms with Gasteiger partial charge in [0, 0.05) is 36.5 Å². The second-order valence-corrected chi connectivity index (χ2v) is 9.79. The van der Waals surface area contributed by atoms with Crippen LogP contribution in [0.2, 0.25) is 5.02 Å². The molecule has 0 aliphatic carbocycles. The van der Waals surface area contributed by atoms with Gasteiger partial charge in [0.25, 0.3) is 11.5 Å². The van der Waals surface area contributed by atoms with E-state index in [-0.39, 0.29) is 34.9 Å². The van der Waals surface area contributed by atoms with Crippen LogP contribution in [-0.4, -0.2) is 48.9 Å². The summed E-state index contributed by atoms with van der Waals surface area (Å²) in [4.78, 5) is 34.8. The van der Waals surface area contributed by atoms with Crippen LogP contribution in [0.1, 0.15) is 48.2 Å². The summed E-state index contributed by atoms with van der Waals surface area (Å²) in [6.07, 6.45) is 1.41. The number of rotatable bonds is 6. The summed E-state index contributed by atoms with van der Waals surface area (Å²) in [6, 6.07) is 13.2. The van der Waals surface area contributed by atoms with Crippen molar-refractivity contribution in [3.05, 3.63) is 86.4 Å². The zero-order valence-corrected chi connectivity index (χ0v) is 20.9. The van der Waals surface area contributed by atoms with Gasteiger partial charge in [0.05, 0.1) is 13.0 Å². The Morgan fingerprint density at radius 2 is 1.84 bits per heavy atom. The first-order chi connectivity index (χ1) is 17.7. The molecular formula is C26H25ClF2N6O2. The normalized spacial score (nSPS) is 14.9. The lowest BCUT2D eigenvalue weighted by Gasteiger charge is -2.31. The SMILES string of the molecule is CC(F)(F)c1ccc(CC(=O)N2CCC(c3nc4c(nnn4Cc4ccccc4Cl)c(=O)[nH]3)CC2)cc1. The molecular weight excluding hydrogens is 502 g/mol. The van der Waals surface area contributed by atoms with Crippen LogP contribution in [0.4, 0.5) is 8.78 Å². The van der Waals surface area contributed by atoms with Crippen molar-refractivity contribution in [2.24, 2.45) is 0 Å². The summed E-state index contributed by atoms with van der Waals surface area (Å²) >= 11 is 6.28. The van der Waals surface area contributed by atoms with Gasteiger partial charge < -0.3 is 9.88 Å². The maximum Gasteiger partial charge on any atom is 0.281 e. The lowest BCUT2D eigenvalue weighted by atomic mass is 9.95. The fourth-order valence-corrected chi connectivity index (χ4v) is 4.77. The summed E-state index contributed by atoms with van der Waals surface area (Å²) in [5, 5.41) is 8.69. The Morgan fingerprint density at radius 3 is 2.51 bits per heavy atom. The molecule has 1 aliphatic heterocycles. The number of nitrogens with one attached hydrogen (secondary N) is 1. The van der Waals surface area contributed by atoms with Gasteiger partial charge in [0.2, 0.25) is 5.91 Å². The highest BCUT2D eigenvalue weighted by Crippen LogP contribution is 2.28. The third-order valence-electron chi connectivity index (χ3n) is 6.72. The van der Waals surface area contributed by atoms with Crippen LogP contribution in [0.5, 0.6) is 0 Å². The van der Waals surface area contributed by atoms with E-state index in [1.54, 1.807) is 27.8 Å². The smallest absolute Gasteiger partial charge is 0.281 e. The largest absolute Gasteiger partial charge is 0.342 e. The number of fused-ring (bicyclic) bond motifs is 1. The van der Waals surface area contributed by atoms with E-state index < -0.39 is 5.92 Å². The maximum absolute atomic E-state index is 13.4. The molecule has 11 heteroatoms. The Balaban J connectivity index is 1.26. The summed E-state index contributed by atoms with van der Waals surface area (Å²) in [5.41, 5.74) is 1.64. The van der Waals surface area contributed by atoms with Crippen LogP contribution in [0.25, 0.3) is 11.2 Å². The van der Waals surface area contributed by atoms with E-state index in [2.05, 4.69) is 20.3 Å². The van der Waals surface area contributed by atoms with Gasteiger partial charge in [-0.2, -0.15) is 0 Å². The van der Waals surface area contributed by atoms with Crippen molar-refractivity contribution in [2.45, 2.75) is 44.6 Å². The maximum atomic E-state index is 13.4. The van der Waals surface area contributed by atoms with Crippen molar-refractivity contribution in [1.29, 1.82) is 0 Å². The standard InChI is InChI=1S/C26H25ClF2N6O2/c1-26(28,29)19-8-6-16(7-9-19)14-21(36)34-12-10-17(11-13-34)23-30-24-22(25(37)31-23)32-33-35(24)15-18-4-2-3-5-20(18)27/h2-9,17H,10-15H2,1H3,(H,30,31,37). The van der Waals surface area contributed by atoms with Crippen LogP contribution in [0.3, 0.4) is 0 Å². The highest BCUT2D eigenvalue weighted by atomic mass is 35.5. The van der Waals surface area contributed by atoms with Crippen LogP contribution in [-0.2, 0) is 23.7 Å². The zero-order valence-electron chi connectivity index (χ0n) is 20.1. The molecule has 1 aliphatic rings. The first-order valence-corrected chi connectivity index (χ1v) is 12.4. The molecule has 5 rings (SSSR count). The number of aromatic nitrogens is 5. The van der Waals surface area contributed by atoms with Crippen molar-refractivity contribution < 1.29 is 13.6 Å². The molecule has 3 heterocycles. The Bertz CT molecular complexity index is 1490. The number of hydrogen-bond acceptors (Lipinski definition) is 5. The van der Waals surface area contributed by atoms with Gasteiger partial charge >= 0.3 is 0 Å². The van der Waals surface area contributed by atoms with Gasteiger partial charge in [-0.1, -0.05) is 59.3 Å². The quantitative estimate of drug-likeness (QED) is 0.404. The van der Waals surface area contributed by atoms with E-state index in [1.807, 2.05) is 18.2 Å². The molecule has 0 bridgehead atoms. The molecule has 4 aromatic rings. The van der Waals surface area contributed by atoms with Crippen molar-refractivity contribution >= 4 is 28.7 Å². The average Bonchev–Trinajstić information content (AvgIpc) is 3.28. The number of piperidine rings is 1. The number of H-pyrrole nitrogens is 1. The molecule has 2 aromatic heterocycles. The minimum absolute atomic E-state index is 0.0316.